The smallest absolute Gasteiger partial charge is 0.260 e. The Balaban J connectivity index is 2.72. The van der Waals surface area contributed by atoms with Crippen molar-refractivity contribution >= 4 is 28.1 Å². The molecule has 0 spiro atoms. The summed E-state index contributed by atoms with van der Waals surface area (Å²) in [5, 5.41) is 2.76. The highest BCUT2D eigenvalue weighted by atomic mass is 79.9. The van der Waals surface area contributed by atoms with Crippen LogP contribution < -0.4 is 10.1 Å². The molecule has 1 unspecified atom stereocenters. The summed E-state index contributed by atoms with van der Waals surface area (Å²) >= 11 is 3.25. The molecule has 1 N–H and O–H groups in total. The molecular formula is C13H16BrNO3. The molecule has 0 aliphatic carbocycles. The molecule has 0 saturated carbocycles. The van der Waals surface area contributed by atoms with Gasteiger partial charge in [-0.1, -0.05) is 15.9 Å². The molecular weight excluding hydrogens is 298 g/mol. The Hall–Kier alpha value is -1.36. The van der Waals surface area contributed by atoms with E-state index in [1.807, 2.05) is 13.8 Å². The summed E-state index contributed by atoms with van der Waals surface area (Å²) in [6.45, 7) is 5.43. The van der Waals surface area contributed by atoms with Crippen molar-refractivity contribution in [3.05, 3.63) is 28.2 Å². The molecule has 0 aromatic heterocycles. The SMILES string of the molecule is CC(C)NC(=O)C(C)Oc1ccc(Br)c(C=O)c1. The number of aldehydes is 1. The van der Waals surface area contributed by atoms with Crippen LogP contribution in [0.1, 0.15) is 31.1 Å². The third kappa shape index (κ3) is 4.14. The zero-order chi connectivity index (χ0) is 13.7. The fourth-order valence-corrected chi connectivity index (χ4v) is 1.69. The van der Waals surface area contributed by atoms with Crippen molar-refractivity contribution < 1.29 is 14.3 Å². The molecule has 18 heavy (non-hydrogen) atoms. The Labute approximate surface area is 115 Å². The van der Waals surface area contributed by atoms with Gasteiger partial charge in [-0.15, -0.1) is 0 Å². The lowest BCUT2D eigenvalue weighted by atomic mass is 10.2. The third-order valence-corrected chi connectivity index (χ3v) is 2.93. The maximum atomic E-state index is 11.7. The molecule has 1 atom stereocenters. The number of benzene rings is 1. The molecule has 1 aromatic rings. The molecule has 4 nitrogen and oxygen atoms in total. The molecule has 0 aliphatic heterocycles. The number of hydrogen-bond donors (Lipinski definition) is 1. The first-order valence-electron chi connectivity index (χ1n) is 5.65. The molecule has 1 aromatic carbocycles. The van der Waals surface area contributed by atoms with Gasteiger partial charge in [0.15, 0.2) is 12.4 Å². The predicted octanol–water partition coefficient (Wildman–Crippen LogP) is 2.55. The number of hydrogen-bond acceptors (Lipinski definition) is 3. The van der Waals surface area contributed by atoms with Crippen molar-refractivity contribution in [2.24, 2.45) is 0 Å². The van der Waals surface area contributed by atoms with Gasteiger partial charge < -0.3 is 10.1 Å². The van der Waals surface area contributed by atoms with Gasteiger partial charge in [0.25, 0.3) is 5.91 Å². The van der Waals surface area contributed by atoms with Gasteiger partial charge >= 0.3 is 0 Å². The fraction of sp³-hybridized carbons (Fsp3) is 0.385. The van der Waals surface area contributed by atoms with Gasteiger partial charge in [0.2, 0.25) is 0 Å². The standard InChI is InChI=1S/C13H16BrNO3/c1-8(2)15-13(17)9(3)18-11-4-5-12(14)10(6-11)7-16/h4-9H,1-3H3,(H,15,17). The van der Waals surface area contributed by atoms with Gasteiger partial charge in [-0.3, -0.25) is 9.59 Å². The number of nitrogens with one attached hydrogen (secondary N) is 1. The summed E-state index contributed by atoms with van der Waals surface area (Å²) in [5.74, 6) is 0.312. The summed E-state index contributed by atoms with van der Waals surface area (Å²) in [6.07, 6.45) is 0.128. The van der Waals surface area contributed by atoms with Gasteiger partial charge in [0, 0.05) is 16.1 Å². The number of ether oxygens (including phenoxy) is 1. The quantitative estimate of drug-likeness (QED) is 0.850. The van der Waals surface area contributed by atoms with Gasteiger partial charge in [-0.05, 0) is 39.0 Å². The highest BCUT2D eigenvalue weighted by Crippen LogP contribution is 2.21. The van der Waals surface area contributed by atoms with Gasteiger partial charge in [-0.25, -0.2) is 0 Å². The van der Waals surface area contributed by atoms with Crippen LogP contribution in [0, 0.1) is 0 Å². The average molecular weight is 314 g/mol. The van der Waals surface area contributed by atoms with E-state index in [0.29, 0.717) is 15.8 Å². The molecule has 0 radical (unpaired) electrons. The van der Waals surface area contributed by atoms with Crippen LogP contribution in [0.3, 0.4) is 0 Å². The van der Waals surface area contributed by atoms with Crippen LogP contribution in [-0.4, -0.2) is 24.3 Å². The molecule has 0 aliphatic rings. The maximum Gasteiger partial charge on any atom is 0.260 e. The van der Waals surface area contributed by atoms with E-state index in [2.05, 4.69) is 21.2 Å². The summed E-state index contributed by atoms with van der Waals surface area (Å²) in [6, 6.07) is 5.08. The molecule has 1 rings (SSSR count). The summed E-state index contributed by atoms with van der Waals surface area (Å²) in [7, 11) is 0. The van der Waals surface area contributed by atoms with Crippen LogP contribution in [0.5, 0.6) is 5.75 Å². The van der Waals surface area contributed by atoms with E-state index < -0.39 is 6.10 Å². The van der Waals surface area contributed by atoms with E-state index in [0.717, 1.165) is 6.29 Å². The lowest BCUT2D eigenvalue weighted by molar-refractivity contribution is -0.127. The number of carbonyl (C=O) groups is 2. The van der Waals surface area contributed by atoms with E-state index in [4.69, 9.17) is 4.74 Å². The lowest BCUT2D eigenvalue weighted by Gasteiger charge is -2.16. The zero-order valence-electron chi connectivity index (χ0n) is 10.6. The minimum Gasteiger partial charge on any atom is -0.481 e. The molecule has 0 heterocycles. The second-order valence-electron chi connectivity index (χ2n) is 4.22. The second-order valence-corrected chi connectivity index (χ2v) is 5.08. The highest BCUT2D eigenvalue weighted by Gasteiger charge is 2.15. The molecule has 5 heteroatoms. The van der Waals surface area contributed by atoms with Crippen LogP contribution in [0.25, 0.3) is 0 Å². The van der Waals surface area contributed by atoms with E-state index in [1.165, 1.54) is 0 Å². The van der Waals surface area contributed by atoms with Gasteiger partial charge in [0.1, 0.15) is 5.75 Å². The molecule has 98 valence electrons. The summed E-state index contributed by atoms with van der Waals surface area (Å²) < 4.78 is 6.18. The number of halogens is 1. The Morgan fingerprint density at radius 2 is 2.06 bits per heavy atom. The monoisotopic (exact) mass is 313 g/mol. The van der Waals surface area contributed by atoms with Crippen molar-refractivity contribution in [2.45, 2.75) is 32.9 Å². The Bertz CT molecular complexity index is 446. The van der Waals surface area contributed by atoms with Crippen molar-refractivity contribution in [1.29, 1.82) is 0 Å². The van der Waals surface area contributed by atoms with Crippen LogP contribution >= 0.6 is 15.9 Å². The average Bonchev–Trinajstić information content (AvgIpc) is 2.30. The van der Waals surface area contributed by atoms with Crippen LogP contribution in [0.15, 0.2) is 22.7 Å². The normalized spacial score (nSPS) is 12.1. The molecule has 0 fully saturated rings. The largest absolute Gasteiger partial charge is 0.481 e. The Morgan fingerprint density at radius 1 is 1.39 bits per heavy atom. The van der Waals surface area contributed by atoms with Gasteiger partial charge in [0.05, 0.1) is 0 Å². The number of amides is 1. The van der Waals surface area contributed by atoms with Crippen molar-refractivity contribution in [1.82, 2.24) is 5.32 Å². The first-order chi connectivity index (χ1) is 8.43. The van der Waals surface area contributed by atoms with E-state index in [-0.39, 0.29) is 11.9 Å². The third-order valence-electron chi connectivity index (χ3n) is 2.21. The van der Waals surface area contributed by atoms with Crippen molar-refractivity contribution in [3.8, 4) is 5.75 Å². The summed E-state index contributed by atoms with van der Waals surface area (Å²) in [4.78, 5) is 22.4. The Morgan fingerprint density at radius 3 is 2.61 bits per heavy atom. The van der Waals surface area contributed by atoms with Crippen molar-refractivity contribution in [3.63, 3.8) is 0 Å². The second kappa shape index (κ2) is 6.54. The molecule has 0 saturated heterocycles. The lowest BCUT2D eigenvalue weighted by Crippen LogP contribution is -2.40. The van der Waals surface area contributed by atoms with E-state index in [1.54, 1.807) is 25.1 Å². The van der Waals surface area contributed by atoms with E-state index >= 15 is 0 Å². The highest BCUT2D eigenvalue weighted by molar-refractivity contribution is 9.10. The minimum atomic E-state index is -0.604. The number of carbonyl (C=O) groups excluding carboxylic acids is 2. The minimum absolute atomic E-state index is 0.0685. The number of rotatable bonds is 5. The zero-order valence-corrected chi connectivity index (χ0v) is 12.2. The fourth-order valence-electron chi connectivity index (χ4n) is 1.34. The first-order valence-corrected chi connectivity index (χ1v) is 6.45. The van der Waals surface area contributed by atoms with Crippen LogP contribution in [-0.2, 0) is 4.79 Å². The van der Waals surface area contributed by atoms with Crippen LogP contribution in [0.4, 0.5) is 0 Å². The predicted molar refractivity (Wildman–Crippen MR) is 72.9 cm³/mol. The topological polar surface area (TPSA) is 55.4 Å². The first kappa shape index (κ1) is 14.7. The molecule has 1 amide bonds. The van der Waals surface area contributed by atoms with E-state index in [9.17, 15) is 9.59 Å². The maximum absolute atomic E-state index is 11.7. The molecule has 0 bridgehead atoms. The van der Waals surface area contributed by atoms with Crippen molar-refractivity contribution in [2.75, 3.05) is 0 Å². The van der Waals surface area contributed by atoms with Crippen LogP contribution in [0.2, 0.25) is 0 Å². The Kier molecular flexibility index (Phi) is 5.34. The summed E-state index contributed by atoms with van der Waals surface area (Å²) in [5.41, 5.74) is 0.490. The van der Waals surface area contributed by atoms with Gasteiger partial charge in [-0.2, -0.15) is 0 Å².